The molecular weight excluding hydrogens is 264 g/mol. The molecule has 1 fully saturated rings. The van der Waals surface area contributed by atoms with Crippen molar-refractivity contribution in [3.05, 3.63) is 48.3 Å². The van der Waals surface area contributed by atoms with Gasteiger partial charge in [0.05, 0.1) is 5.69 Å². The molecule has 21 heavy (non-hydrogen) atoms. The number of nitrogens with zero attached hydrogens (tertiary/aromatic N) is 3. The van der Waals surface area contributed by atoms with Gasteiger partial charge in [0, 0.05) is 31.0 Å². The first kappa shape index (κ1) is 13.8. The Morgan fingerprint density at radius 3 is 2.95 bits per heavy atom. The fourth-order valence-electron chi connectivity index (χ4n) is 2.75. The molecule has 0 bridgehead atoms. The van der Waals surface area contributed by atoms with Crippen LogP contribution in [0.2, 0.25) is 0 Å². The smallest absolute Gasteiger partial charge is 0.253 e. The molecule has 0 saturated carbocycles. The van der Waals surface area contributed by atoms with Crippen LogP contribution in [0.1, 0.15) is 23.7 Å². The molecule has 1 unspecified atom stereocenters. The van der Waals surface area contributed by atoms with Gasteiger partial charge in [0.1, 0.15) is 0 Å². The van der Waals surface area contributed by atoms with E-state index in [4.69, 9.17) is 5.73 Å². The standard InChI is InChI=1S/C16H20N4O/c1-16(11-17)6-9-19(12-16)15(21)13-4-2-5-14(10-13)20-8-3-7-18-20/h2-5,7-8,10H,6,9,11-12,17H2,1H3. The third kappa shape index (κ3) is 2.69. The summed E-state index contributed by atoms with van der Waals surface area (Å²) in [6, 6.07) is 9.43. The first-order valence-corrected chi connectivity index (χ1v) is 7.21. The molecule has 0 spiro atoms. The van der Waals surface area contributed by atoms with Crippen LogP contribution in [0.25, 0.3) is 5.69 Å². The number of rotatable bonds is 3. The summed E-state index contributed by atoms with van der Waals surface area (Å²) in [6.07, 6.45) is 4.56. The maximum atomic E-state index is 12.6. The number of carbonyl (C=O) groups excluding carboxylic acids is 1. The second-order valence-electron chi connectivity index (χ2n) is 5.99. The molecule has 1 aliphatic rings. The minimum Gasteiger partial charge on any atom is -0.338 e. The van der Waals surface area contributed by atoms with Gasteiger partial charge in [0.2, 0.25) is 0 Å². The summed E-state index contributed by atoms with van der Waals surface area (Å²) in [6.45, 7) is 4.26. The Morgan fingerprint density at radius 1 is 1.43 bits per heavy atom. The lowest BCUT2D eigenvalue weighted by Gasteiger charge is -2.22. The normalized spacial score (nSPS) is 21.7. The number of likely N-dealkylation sites (tertiary alicyclic amines) is 1. The Morgan fingerprint density at radius 2 is 2.29 bits per heavy atom. The predicted molar refractivity (Wildman–Crippen MR) is 81.2 cm³/mol. The molecule has 1 aromatic heterocycles. The van der Waals surface area contributed by atoms with Crippen LogP contribution in [0, 0.1) is 5.41 Å². The lowest BCUT2D eigenvalue weighted by molar-refractivity contribution is 0.0777. The van der Waals surface area contributed by atoms with Gasteiger partial charge in [-0.15, -0.1) is 0 Å². The van der Waals surface area contributed by atoms with Gasteiger partial charge in [-0.3, -0.25) is 4.79 Å². The van der Waals surface area contributed by atoms with E-state index in [0.717, 1.165) is 25.2 Å². The largest absolute Gasteiger partial charge is 0.338 e. The van der Waals surface area contributed by atoms with Crippen LogP contribution in [0.15, 0.2) is 42.7 Å². The maximum Gasteiger partial charge on any atom is 0.253 e. The molecule has 2 N–H and O–H groups in total. The van der Waals surface area contributed by atoms with Crippen LogP contribution in [-0.2, 0) is 0 Å². The molecule has 1 aromatic carbocycles. The van der Waals surface area contributed by atoms with Crippen molar-refractivity contribution in [2.24, 2.45) is 11.1 Å². The second-order valence-corrected chi connectivity index (χ2v) is 5.99. The van der Waals surface area contributed by atoms with Gasteiger partial charge in [-0.2, -0.15) is 5.10 Å². The van der Waals surface area contributed by atoms with Gasteiger partial charge in [0.15, 0.2) is 0 Å². The maximum absolute atomic E-state index is 12.6. The van der Waals surface area contributed by atoms with E-state index in [9.17, 15) is 4.79 Å². The average Bonchev–Trinajstić information content (AvgIpc) is 3.17. The molecule has 1 amide bonds. The highest BCUT2D eigenvalue weighted by molar-refractivity contribution is 5.95. The van der Waals surface area contributed by atoms with Crippen LogP contribution < -0.4 is 5.73 Å². The van der Waals surface area contributed by atoms with Crippen molar-refractivity contribution in [3.8, 4) is 5.69 Å². The van der Waals surface area contributed by atoms with E-state index in [2.05, 4.69) is 12.0 Å². The molecule has 1 saturated heterocycles. The zero-order valence-electron chi connectivity index (χ0n) is 12.2. The summed E-state index contributed by atoms with van der Waals surface area (Å²) in [4.78, 5) is 14.5. The molecule has 2 aromatic rings. The first-order valence-electron chi connectivity index (χ1n) is 7.21. The lowest BCUT2D eigenvalue weighted by Crippen LogP contribution is -2.34. The Kier molecular flexibility index (Phi) is 3.51. The quantitative estimate of drug-likeness (QED) is 0.932. The van der Waals surface area contributed by atoms with E-state index in [0.29, 0.717) is 12.1 Å². The minimum absolute atomic E-state index is 0.0508. The molecular formula is C16H20N4O. The number of benzene rings is 1. The Labute approximate surface area is 124 Å². The third-order valence-corrected chi connectivity index (χ3v) is 4.20. The van der Waals surface area contributed by atoms with Gasteiger partial charge in [-0.1, -0.05) is 13.0 Å². The highest BCUT2D eigenvalue weighted by atomic mass is 16.2. The van der Waals surface area contributed by atoms with Crippen molar-refractivity contribution < 1.29 is 4.79 Å². The van der Waals surface area contributed by atoms with E-state index in [1.807, 2.05) is 41.4 Å². The third-order valence-electron chi connectivity index (χ3n) is 4.20. The Bertz CT molecular complexity index is 637. The van der Waals surface area contributed by atoms with Crippen molar-refractivity contribution >= 4 is 5.91 Å². The van der Waals surface area contributed by atoms with Crippen LogP contribution in [0.4, 0.5) is 0 Å². The fourth-order valence-corrected chi connectivity index (χ4v) is 2.75. The second kappa shape index (κ2) is 5.33. The SMILES string of the molecule is CC1(CN)CCN(C(=O)c2cccc(-n3cccn3)c2)C1. The van der Waals surface area contributed by atoms with Gasteiger partial charge in [-0.05, 0) is 42.6 Å². The summed E-state index contributed by atoms with van der Waals surface area (Å²) in [7, 11) is 0. The summed E-state index contributed by atoms with van der Waals surface area (Å²) in [5, 5.41) is 4.20. The Balaban J connectivity index is 1.81. The molecule has 2 heterocycles. The lowest BCUT2D eigenvalue weighted by atomic mass is 9.90. The van der Waals surface area contributed by atoms with Gasteiger partial charge < -0.3 is 10.6 Å². The molecule has 5 nitrogen and oxygen atoms in total. The number of aromatic nitrogens is 2. The molecule has 0 radical (unpaired) electrons. The van der Waals surface area contributed by atoms with Crippen LogP contribution in [0.3, 0.4) is 0 Å². The predicted octanol–water partition coefficient (Wildman–Crippen LogP) is 1.68. The molecule has 1 aliphatic heterocycles. The van der Waals surface area contributed by atoms with Gasteiger partial charge in [0.25, 0.3) is 5.91 Å². The van der Waals surface area contributed by atoms with Crippen LogP contribution in [-0.4, -0.2) is 40.2 Å². The van der Waals surface area contributed by atoms with E-state index in [-0.39, 0.29) is 11.3 Å². The number of nitrogens with two attached hydrogens (primary N) is 1. The minimum atomic E-state index is 0.0508. The number of carbonyl (C=O) groups is 1. The molecule has 0 aliphatic carbocycles. The summed E-state index contributed by atoms with van der Waals surface area (Å²) < 4.78 is 1.75. The number of hydrogen-bond donors (Lipinski definition) is 1. The van der Waals surface area contributed by atoms with Crippen molar-refractivity contribution in [1.29, 1.82) is 0 Å². The van der Waals surface area contributed by atoms with Crippen molar-refractivity contribution in [1.82, 2.24) is 14.7 Å². The fraction of sp³-hybridized carbons (Fsp3) is 0.375. The summed E-state index contributed by atoms with van der Waals surface area (Å²) in [5.74, 6) is 0.0705. The zero-order chi connectivity index (χ0) is 14.9. The zero-order valence-corrected chi connectivity index (χ0v) is 12.2. The number of amides is 1. The highest BCUT2D eigenvalue weighted by Crippen LogP contribution is 2.29. The average molecular weight is 284 g/mol. The van der Waals surface area contributed by atoms with Crippen LogP contribution >= 0.6 is 0 Å². The van der Waals surface area contributed by atoms with E-state index in [1.165, 1.54) is 0 Å². The first-order chi connectivity index (χ1) is 10.1. The monoisotopic (exact) mass is 284 g/mol. The van der Waals surface area contributed by atoms with E-state index in [1.54, 1.807) is 10.9 Å². The molecule has 110 valence electrons. The molecule has 1 atom stereocenters. The van der Waals surface area contributed by atoms with E-state index >= 15 is 0 Å². The van der Waals surface area contributed by atoms with Crippen molar-refractivity contribution in [3.63, 3.8) is 0 Å². The number of hydrogen-bond acceptors (Lipinski definition) is 3. The highest BCUT2D eigenvalue weighted by Gasteiger charge is 2.35. The van der Waals surface area contributed by atoms with Gasteiger partial charge >= 0.3 is 0 Å². The Hall–Kier alpha value is -2.14. The summed E-state index contributed by atoms with van der Waals surface area (Å²) in [5.41, 5.74) is 7.45. The van der Waals surface area contributed by atoms with Crippen LogP contribution in [0.5, 0.6) is 0 Å². The van der Waals surface area contributed by atoms with Crippen molar-refractivity contribution in [2.75, 3.05) is 19.6 Å². The summed E-state index contributed by atoms with van der Waals surface area (Å²) >= 11 is 0. The topological polar surface area (TPSA) is 64.2 Å². The molecule has 5 heteroatoms. The van der Waals surface area contributed by atoms with Crippen molar-refractivity contribution in [2.45, 2.75) is 13.3 Å². The van der Waals surface area contributed by atoms with E-state index < -0.39 is 0 Å². The molecule has 3 rings (SSSR count). The van der Waals surface area contributed by atoms with Gasteiger partial charge in [-0.25, -0.2) is 4.68 Å².